The van der Waals surface area contributed by atoms with Crippen molar-refractivity contribution >= 4 is 0 Å². The summed E-state index contributed by atoms with van der Waals surface area (Å²) in [4.78, 5) is 2.38. The molecule has 0 bridgehead atoms. The molecule has 1 atom stereocenters. The largest absolute Gasteiger partial charge is 0.379 e. The summed E-state index contributed by atoms with van der Waals surface area (Å²) in [5.41, 5.74) is 2.26. The van der Waals surface area contributed by atoms with Crippen molar-refractivity contribution in [3.05, 3.63) is 102 Å². The minimum Gasteiger partial charge on any atom is -0.379 e. The molecule has 1 heterocycles. The molecule has 1 fully saturated rings. The molecule has 122 valence electrons. The summed E-state index contributed by atoms with van der Waals surface area (Å²) in [6.07, 6.45) is 1.00. The van der Waals surface area contributed by atoms with Crippen LogP contribution < -0.4 is 0 Å². The third kappa shape index (κ3) is 2.58. The lowest BCUT2D eigenvalue weighted by Crippen LogP contribution is -2.59. The molecule has 0 saturated carbocycles. The van der Waals surface area contributed by atoms with Crippen LogP contribution >= 0.6 is 0 Å². The minimum absolute atomic E-state index is 0.0946. The molecule has 0 amide bonds. The summed E-state index contributed by atoms with van der Waals surface area (Å²) >= 11 is 0. The van der Waals surface area contributed by atoms with Crippen molar-refractivity contribution < 1.29 is 5.11 Å². The number of hydrogen-bond acceptors (Lipinski definition) is 2. The van der Waals surface area contributed by atoms with Crippen molar-refractivity contribution in [2.24, 2.45) is 0 Å². The Balaban J connectivity index is 1.71. The second-order valence-corrected chi connectivity index (χ2v) is 6.57. The van der Waals surface area contributed by atoms with E-state index in [4.69, 9.17) is 0 Å². The lowest BCUT2D eigenvalue weighted by atomic mass is 9.75. The number of likely N-dealkylation sites (tertiary alicyclic amines) is 1. The summed E-state index contributed by atoms with van der Waals surface area (Å²) in [6, 6.07) is 28.7. The molecule has 2 nitrogen and oxygen atoms in total. The molecule has 0 spiro atoms. The first-order valence-corrected chi connectivity index (χ1v) is 8.56. The molecule has 0 unspecified atom stereocenters. The zero-order valence-corrected chi connectivity index (χ0v) is 13.7. The molecule has 24 heavy (non-hydrogen) atoms. The molecule has 0 radical (unpaired) electrons. The van der Waals surface area contributed by atoms with Gasteiger partial charge < -0.3 is 5.11 Å². The first-order valence-electron chi connectivity index (χ1n) is 8.56. The van der Waals surface area contributed by atoms with Gasteiger partial charge in [0.15, 0.2) is 0 Å². The summed E-state index contributed by atoms with van der Waals surface area (Å²) in [6.45, 7) is 1.91. The Hall–Kier alpha value is -2.29. The monoisotopic (exact) mass is 316 g/mol. The molecular formula is C22H22NO-. The van der Waals surface area contributed by atoms with Crippen LogP contribution in [0.15, 0.2) is 84.9 Å². The fourth-order valence-electron chi connectivity index (χ4n) is 3.79. The van der Waals surface area contributed by atoms with Crippen LogP contribution in [0.25, 0.3) is 0 Å². The second-order valence-electron chi connectivity index (χ2n) is 6.57. The SMILES string of the molecule is OC(c1ccccc1)(c1ccccc1)[C@@H]1CCN1Cc1ccc[cH-]1. The van der Waals surface area contributed by atoms with Crippen LogP contribution in [0.1, 0.15) is 23.1 Å². The van der Waals surface area contributed by atoms with Gasteiger partial charge in [-0.15, -0.1) is 0 Å². The highest BCUT2D eigenvalue weighted by molar-refractivity contribution is 5.39. The number of rotatable bonds is 5. The van der Waals surface area contributed by atoms with Crippen LogP contribution in [0.4, 0.5) is 0 Å². The van der Waals surface area contributed by atoms with Crippen LogP contribution in [0, 0.1) is 0 Å². The molecule has 0 aliphatic carbocycles. The fourth-order valence-corrected chi connectivity index (χ4v) is 3.79. The normalized spacial score (nSPS) is 18.3. The van der Waals surface area contributed by atoms with E-state index >= 15 is 0 Å². The number of hydrogen-bond donors (Lipinski definition) is 1. The van der Waals surface area contributed by atoms with E-state index in [0.717, 1.165) is 30.6 Å². The van der Waals surface area contributed by atoms with E-state index in [0.29, 0.717) is 0 Å². The third-order valence-electron chi connectivity index (χ3n) is 5.16. The number of nitrogens with zero attached hydrogens (tertiary/aromatic N) is 1. The first kappa shape index (κ1) is 15.3. The van der Waals surface area contributed by atoms with Gasteiger partial charge in [-0.25, -0.2) is 12.1 Å². The molecule has 2 heteroatoms. The fraction of sp³-hybridized carbons (Fsp3) is 0.227. The molecule has 0 aromatic heterocycles. The van der Waals surface area contributed by atoms with Crippen molar-refractivity contribution in [2.75, 3.05) is 6.54 Å². The van der Waals surface area contributed by atoms with Gasteiger partial charge in [-0.05, 0) is 17.5 Å². The lowest BCUT2D eigenvalue weighted by Gasteiger charge is -2.51. The van der Waals surface area contributed by atoms with Crippen molar-refractivity contribution in [3.63, 3.8) is 0 Å². The Morgan fingerprint density at radius 2 is 1.54 bits per heavy atom. The molecule has 3 aromatic carbocycles. The quantitative estimate of drug-likeness (QED) is 0.721. The standard InChI is InChI=1S/C22H22NO/c24-22(19-11-3-1-4-12-19,20-13-5-2-6-14-20)21-15-16-23(21)17-18-9-7-8-10-18/h1-14,21,24H,15-17H2/q-1/t21-/m0/s1. The van der Waals surface area contributed by atoms with Gasteiger partial charge in [0.1, 0.15) is 5.60 Å². The Bertz CT molecular complexity index is 725. The van der Waals surface area contributed by atoms with Gasteiger partial charge >= 0.3 is 0 Å². The third-order valence-corrected chi connectivity index (χ3v) is 5.16. The first-order chi connectivity index (χ1) is 11.8. The highest BCUT2D eigenvalue weighted by Gasteiger charge is 2.47. The van der Waals surface area contributed by atoms with Crippen LogP contribution in [-0.4, -0.2) is 22.6 Å². The molecule has 1 N–H and O–H groups in total. The van der Waals surface area contributed by atoms with Gasteiger partial charge in [-0.3, -0.25) is 4.90 Å². The van der Waals surface area contributed by atoms with Gasteiger partial charge in [0, 0.05) is 19.1 Å². The Kier molecular flexibility index (Phi) is 4.01. The molecule has 3 aromatic rings. The van der Waals surface area contributed by atoms with E-state index in [2.05, 4.69) is 29.2 Å². The maximum atomic E-state index is 11.8. The van der Waals surface area contributed by atoms with Crippen LogP contribution in [0.3, 0.4) is 0 Å². The van der Waals surface area contributed by atoms with Gasteiger partial charge in [-0.2, -0.15) is 17.7 Å². The van der Waals surface area contributed by atoms with Crippen molar-refractivity contribution in [1.82, 2.24) is 4.90 Å². The maximum Gasteiger partial charge on any atom is 0.130 e. The number of aliphatic hydroxyl groups is 1. The van der Waals surface area contributed by atoms with Crippen LogP contribution in [0.5, 0.6) is 0 Å². The minimum atomic E-state index is -0.979. The summed E-state index contributed by atoms with van der Waals surface area (Å²) in [5.74, 6) is 0. The smallest absolute Gasteiger partial charge is 0.130 e. The van der Waals surface area contributed by atoms with Gasteiger partial charge in [0.05, 0.1) is 0 Å². The lowest BCUT2D eigenvalue weighted by molar-refractivity contribution is -0.0760. The van der Waals surface area contributed by atoms with Gasteiger partial charge in [0.25, 0.3) is 0 Å². The molecule has 1 aliphatic heterocycles. The topological polar surface area (TPSA) is 23.5 Å². The highest BCUT2D eigenvalue weighted by Crippen LogP contribution is 2.41. The Morgan fingerprint density at radius 3 is 2.00 bits per heavy atom. The van der Waals surface area contributed by atoms with E-state index in [1.165, 1.54) is 5.56 Å². The van der Waals surface area contributed by atoms with Crippen LogP contribution in [0.2, 0.25) is 0 Å². The van der Waals surface area contributed by atoms with Crippen molar-refractivity contribution in [2.45, 2.75) is 24.6 Å². The average molecular weight is 316 g/mol. The van der Waals surface area contributed by atoms with Crippen LogP contribution in [-0.2, 0) is 12.1 Å². The second kappa shape index (κ2) is 6.31. The van der Waals surface area contributed by atoms with Gasteiger partial charge in [0.2, 0.25) is 0 Å². The van der Waals surface area contributed by atoms with E-state index in [1.54, 1.807) is 0 Å². The number of benzene rings is 2. The van der Waals surface area contributed by atoms with E-state index in [9.17, 15) is 5.11 Å². The summed E-state index contributed by atoms with van der Waals surface area (Å²) in [7, 11) is 0. The molecule has 1 saturated heterocycles. The van der Waals surface area contributed by atoms with E-state index in [-0.39, 0.29) is 6.04 Å². The predicted molar refractivity (Wildman–Crippen MR) is 96.7 cm³/mol. The highest BCUT2D eigenvalue weighted by atomic mass is 16.3. The summed E-state index contributed by atoms with van der Waals surface area (Å²) < 4.78 is 0. The molecule has 1 aliphatic rings. The Morgan fingerprint density at radius 1 is 0.917 bits per heavy atom. The van der Waals surface area contributed by atoms with E-state index in [1.807, 2.05) is 60.7 Å². The molecular weight excluding hydrogens is 294 g/mol. The van der Waals surface area contributed by atoms with Crippen molar-refractivity contribution in [1.29, 1.82) is 0 Å². The Labute approximate surface area is 143 Å². The van der Waals surface area contributed by atoms with Crippen molar-refractivity contribution in [3.8, 4) is 0 Å². The van der Waals surface area contributed by atoms with Gasteiger partial charge in [-0.1, -0.05) is 60.7 Å². The summed E-state index contributed by atoms with van der Waals surface area (Å²) in [5, 5.41) is 11.8. The van der Waals surface area contributed by atoms with E-state index < -0.39 is 5.60 Å². The maximum absolute atomic E-state index is 11.8. The molecule has 4 rings (SSSR count). The zero-order valence-electron chi connectivity index (χ0n) is 13.7. The average Bonchev–Trinajstić information content (AvgIpc) is 3.13. The zero-order chi connectivity index (χ0) is 16.4. The predicted octanol–water partition coefficient (Wildman–Crippen LogP) is 3.92.